The molecule has 1 fully saturated rings. The molecular formula is C12H21BrN4O. The van der Waals surface area contributed by atoms with Crippen LogP contribution >= 0.6 is 15.9 Å². The van der Waals surface area contributed by atoms with Crippen molar-refractivity contribution in [3.8, 4) is 0 Å². The van der Waals surface area contributed by atoms with Crippen molar-refractivity contribution in [2.45, 2.75) is 43.7 Å². The van der Waals surface area contributed by atoms with Crippen LogP contribution in [0.25, 0.3) is 0 Å². The average molecular weight is 317 g/mol. The minimum atomic E-state index is -0.233. The van der Waals surface area contributed by atoms with Crippen molar-refractivity contribution >= 4 is 15.9 Å². The van der Waals surface area contributed by atoms with Crippen molar-refractivity contribution in [2.24, 2.45) is 12.9 Å². The SMILES string of the molecule is COC1(C(NN)c2c(Br)cnn2C)CCCCC1. The average Bonchev–Trinajstić information content (AvgIpc) is 2.73. The van der Waals surface area contributed by atoms with Gasteiger partial charge in [-0.05, 0) is 28.8 Å². The number of nitrogens with two attached hydrogens (primary N) is 1. The lowest BCUT2D eigenvalue weighted by atomic mass is 9.78. The van der Waals surface area contributed by atoms with Gasteiger partial charge in [0.25, 0.3) is 0 Å². The Morgan fingerprint density at radius 2 is 2.17 bits per heavy atom. The Hall–Kier alpha value is -0.430. The molecule has 1 aliphatic carbocycles. The van der Waals surface area contributed by atoms with Crippen LogP contribution in [-0.2, 0) is 11.8 Å². The van der Waals surface area contributed by atoms with Gasteiger partial charge in [0.1, 0.15) is 0 Å². The van der Waals surface area contributed by atoms with Gasteiger partial charge in [-0.2, -0.15) is 5.10 Å². The van der Waals surface area contributed by atoms with Crippen LogP contribution in [0, 0.1) is 0 Å². The summed E-state index contributed by atoms with van der Waals surface area (Å²) in [5.41, 5.74) is 3.74. The maximum atomic E-state index is 5.86. The molecule has 0 saturated heterocycles. The minimum absolute atomic E-state index is 0.0512. The van der Waals surface area contributed by atoms with Crippen LogP contribution in [0.1, 0.15) is 43.8 Å². The molecule has 0 spiro atoms. The molecule has 1 atom stereocenters. The quantitative estimate of drug-likeness (QED) is 0.659. The summed E-state index contributed by atoms with van der Waals surface area (Å²) in [6.45, 7) is 0. The molecule has 1 unspecified atom stereocenters. The maximum absolute atomic E-state index is 5.86. The van der Waals surface area contributed by atoms with E-state index in [0.29, 0.717) is 0 Å². The molecule has 1 aromatic heterocycles. The minimum Gasteiger partial charge on any atom is -0.376 e. The fraction of sp³-hybridized carbons (Fsp3) is 0.750. The van der Waals surface area contributed by atoms with E-state index >= 15 is 0 Å². The topological polar surface area (TPSA) is 65.1 Å². The van der Waals surface area contributed by atoms with E-state index < -0.39 is 0 Å². The Balaban J connectivity index is 2.37. The molecule has 0 aromatic carbocycles. The van der Waals surface area contributed by atoms with E-state index in [0.717, 1.165) is 23.0 Å². The Bertz CT molecular complexity index is 381. The molecular weight excluding hydrogens is 296 g/mol. The highest BCUT2D eigenvalue weighted by molar-refractivity contribution is 9.10. The van der Waals surface area contributed by atoms with E-state index in [1.54, 1.807) is 13.3 Å². The van der Waals surface area contributed by atoms with Crippen molar-refractivity contribution < 1.29 is 4.74 Å². The van der Waals surface area contributed by atoms with Gasteiger partial charge >= 0.3 is 0 Å². The van der Waals surface area contributed by atoms with E-state index in [1.807, 2.05) is 11.7 Å². The summed E-state index contributed by atoms with van der Waals surface area (Å²) < 4.78 is 8.68. The Morgan fingerprint density at radius 3 is 2.61 bits per heavy atom. The first kappa shape index (κ1) is 14.0. The zero-order valence-electron chi connectivity index (χ0n) is 10.9. The Labute approximate surface area is 116 Å². The molecule has 18 heavy (non-hydrogen) atoms. The number of nitrogens with one attached hydrogen (secondary N) is 1. The monoisotopic (exact) mass is 316 g/mol. The number of hydrogen-bond acceptors (Lipinski definition) is 4. The zero-order chi connectivity index (χ0) is 13.2. The first-order chi connectivity index (χ1) is 8.64. The van der Waals surface area contributed by atoms with Crippen LogP contribution in [0.15, 0.2) is 10.7 Å². The van der Waals surface area contributed by atoms with E-state index in [2.05, 4.69) is 26.5 Å². The molecule has 5 nitrogen and oxygen atoms in total. The number of aromatic nitrogens is 2. The van der Waals surface area contributed by atoms with Crippen LogP contribution in [0.3, 0.4) is 0 Å². The molecule has 1 aliphatic rings. The molecule has 0 amide bonds. The molecule has 102 valence electrons. The van der Waals surface area contributed by atoms with E-state index in [4.69, 9.17) is 10.6 Å². The molecule has 3 N–H and O–H groups in total. The summed E-state index contributed by atoms with van der Waals surface area (Å²) >= 11 is 3.54. The van der Waals surface area contributed by atoms with Crippen LogP contribution in [0.4, 0.5) is 0 Å². The standard InChI is InChI=1S/C12H21BrN4O/c1-17-10(9(13)8-15-17)11(16-14)12(18-2)6-4-3-5-7-12/h8,11,16H,3-7,14H2,1-2H3. The fourth-order valence-electron chi connectivity index (χ4n) is 2.99. The van der Waals surface area contributed by atoms with Gasteiger partial charge in [0.2, 0.25) is 0 Å². The molecule has 0 radical (unpaired) electrons. The van der Waals surface area contributed by atoms with Gasteiger partial charge in [-0.1, -0.05) is 19.3 Å². The molecule has 0 bridgehead atoms. The molecule has 1 saturated carbocycles. The predicted molar refractivity (Wildman–Crippen MR) is 73.8 cm³/mol. The first-order valence-electron chi connectivity index (χ1n) is 6.33. The smallest absolute Gasteiger partial charge is 0.0929 e. The predicted octanol–water partition coefficient (Wildman–Crippen LogP) is 2.04. The fourth-order valence-corrected chi connectivity index (χ4v) is 3.56. The van der Waals surface area contributed by atoms with Gasteiger partial charge in [0.15, 0.2) is 0 Å². The van der Waals surface area contributed by atoms with E-state index in [1.165, 1.54) is 19.3 Å². The third-order valence-corrected chi connectivity index (χ3v) is 4.62. The van der Waals surface area contributed by atoms with Crippen LogP contribution in [-0.4, -0.2) is 22.5 Å². The van der Waals surface area contributed by atoms with Crippen LogP contribution < -0.4 is 11.3 Å². The van der Waals surface area contributed by atoms with Gasteiger partial charge in [-0.15, -0.1) is 0 Å². The second-order valence-electron chi connectivity index (χ2n) is 4.93. The number of hydrazine groups is 1. The number of aryl methyl sites for hydroxylation is 1. The van der Waals surface area contributed by atoms with Gasteiger partial charge in [-0.3, -0.25) is 10.5 Å². The third kappa shape index (κ3) is 2.34. The van der Waals surface area contributed by atoms with Crippen molar-refractivity contribution in [3.05, 3.63) is 16.4 Å². The zero-order valence-corrected chi connectivity index (χ0v) is 12.5. The van der Waals surface area contributed by atoms with Crippen molar-refractivity contribution in [1.82, 2.24) is 15.2 Å². The highest BCUT2D eigenvalue weighted by atomic mass is 79.9. The Kier molecular flexibility index (Phi) is 4.42. The molecule has 1 heterocycles. The third-order valence-electron chi connectivity index (χ3n) is 4.01. The van der Waals surface area contributed by atoms with Gasteiger partial charge in [-0.25, -0.2) is 5.43 Å². The lowest BCUT2D eigenvalue weighted by Gasteiger charge is -2.42. The van der Waals surface area contributed by atoms with Crippen molar-refractivity contribution in [2.75, 3.05) is 7.11 Å². The number of rotatable bonds is 4. The van der Waals surface area contributed by atoms with Gasteiger partial charge in [0.05, 0.1) is 28.0 Å². The molecule has 0 aliphatic heterocycles. The van der Waals surface area contributed by atoms with Gasteiger partial charge < -0.3 is 4.74 Å². The largest absolute Gasteiger partial charge is 0.376 e. The number of halogens is 1. The number of methoxy groups -OCH3 is 1. The van der Waals surface area contributed by atoms with Crippen LogP contribution in [0.2, 0.25) is 0 Å². The van der Waals surface area contributed by atoms with Gasteiger partial charge in [0, 0.05) is 14.2 Å². The molecule has 6 heteroatoms. The van der Waals surface area contributed by atoms with Crippen LogP contribution in [0.5, 0.6) is 0 Å². The first-order valence-corrected chi connectivity index (χ1v) is 7.12. The lowest BCUT2D eigenvalue weighted by Crippen LogP contribution is -2.50. The summed E-state index contributed by atoms with van der Waals surface area (Å²) in [6, 6.07) is -0.0512. The highest BCUT2D eigenvalue weighted by Crippen LogP contribution is 2.42. The number of nitrogens with zero attached hydrogens (tertiary/aromatic N) is 2. The normalized spacial score (nSPS) is 20.9. The lowest BCUT2D eigenvalue weighted by molar-refractivity contribution is -0.0707. The van der Waals surface area contributed by atoms with Crippen molar-refractivity contribution in [1.29, 1.82) is 0 Å². The number of ether oxygens (including phenoxy) is 1. The Morgan fingerprint density at radius 1 is 1.50 bits per heavy atom. The molecule has 1 aromatic rings. The second-order valence-corrected chi connectivity index (χ2v) is 5.78. The summed E-state index contributed by atoms with van der Waals surface area (Å²) in [6.07, 6.45) is 7.48. The highest BCUT2D eigenvalue weighted by Gasteiger charge is 2.42. The molecule has 2 rings (SSSR count). The number of hydrogen-bond donors (Lipinski definition) is 2. The summed E-state index contributed by atoms with van der Waals surface area (Å²) in [5.74, 6) is 5.80. The summed E-state index contributed by atoms with van der Waals surface area (Å²) in [7, 11) is 3.70. The van der Waals surface area contributed by atoms with Crippen molar-refractivity contribution in [3.63, 3.8) is 0 Å². The maximum Gasteiger partial charge on any atom is 0.0929 e. The summed E-state index contributed by atoms with van der Waals surface area (Å²) in [5, 5.41) is 4.26. The summed E-state index contributed by atoms with van der Waals surface area (Å²) in [4.78, 5) is 0. The van der Waals surface area contributed by atoms with E-state index in [-0.39, 0.29) is 11.6 Å². The van der Waals surface area contributed by atoms with E-state index in [9.17, 15) is 0 Å². The second kappa shape index (κ2) is 5.69.